The van der Waals surface area contributed by atoms with Crippen LogP contribution in [0.5, 0.6) is 5.75 Å². The number of furan rings is 1. The summed E-state index contributed by atoms with van der Waals surface area (Å²) in [7, 11) is 0. The molecule has 0 aliphatic rings. The van der Waals surface area contributed by atoms with E-state index in [1.807, 2.05) is 13.8 Å². The van der Waals surface area contributed by atoms with Crippen LogP contribution in [0.3, 0.4) is 0 Å². The van der Waals surface area contributed by atoms with Crippen LogP contribution < -0.4 is 10.6 Å². The number of carbonyl (C=O) groups excluding carboxylic acids is 2. The van der Waals surface area contributed by atoms with Crippen molar-refractivity contribution < 1.29 is 19.1 Å². The molecule has 0 atom stereocenters. The first-order chi connectivity index (χ1) is 11.5. The van der Waals surface area contributed by atoms with E-state index in [1.54, 1.807) is 18.2 Å². The van der Waals surface area contributed by atoms with Crippen LogP contribution in [0.4, 0.5) is 0 Å². The van der Waals surface area contributed by atoms with Crippen LogP contribution in [0.25, 0.3) is 0 Å². The fraction of sp³-hybridized carbons (Fsp3) is 0.333. The number of phenolic OH excluding ortho intramolecular Hbond substituents is 1. The molecule has 0 aliphatic heterocycles. The zero-order chi connectivity index (χ0) is 17.5. The molecule has 3 N–H and O–H groups in total. The number of amides is 2. The number of nitrogens with one attached hydrogen (secondary N) is 2. The van der Waals surface area contributed by atoms with Gasteiger partial charge >= 0.3 is 0 Å². The van der Waals surface area contributed by atoms with Gasteiger partial charge < -0.3 is 20.2 Å². The molecule has 0 saturated heterocycles. The molecule has 1 aromatic carbocycles. The van der Waals surface area contributed by atoms with Crippen molar-refractivity contribution in [2.45, 2.75) is 26.2 Å². The van der Waals surface area contributed by atoms with Gasteiger partial charge in [0, 0.05) is 24.2 Å². The number of hydrogen-bond donors (Lipinski definition) is 3. The topological polar surface area (TPSA) is 91.6 Å². The van der Waals surface area contributed by atoms with Gasteiger partial charge in [0.2, 0.25) is 0 Å². The minimum absolute atomic E-state index is 0.118. The average molecular weight is 330 g/mol. The van der Waals surface area contributed by atoms with Gasteiger partial charge in [0.05, 0.1) is 6.26 Å². The summed E-state index contributed by atoms with van der Waals surface area (Å²) in [4.78, 5) is 23.9. The first-order valence-corrected chi connectivity index (χ1v) is 7.92. The van der Waals surface area contributed by atoms with Gasteiger partial charge in [0.15, 0.2) is 5.76 Å². The number of hydrogen-bond acceptors (Lipinski definition) is 4. The first kappa shape index (κ1) is 17.6. The van der Waals surface area contributed by atoms with Crippen LogP contribution in [-0.4, -0.2) is 30.0 Å². The summed E-state index contributed by atoms with van der Waals surface area (Å²) in [5, 5.41) is 14.7. The molecule has 0 saturated carbocycles. The molecule has 24 heavy (non-hydrogen) atoms. The van der Waals surface area contributed by atoms with Crippen molar-refractivity contribution >= 4 is 11.8 Å². The minimum Gasteiger partial charge on any atom is -0.508 e. The van der Waals surface area contributed by atoms with Crippen molar-refractivity contribution in [2.24, 2.45) is 0 Å². The predicted molar refractivity (Wildman–Crippen MR) is 90.2 cm³/mol. The normalized spacial score (nSPS) is 10.6. The SMILES string of the molecule is CC(C)c1ccoc1C(=O)NCCCNC(=O)c1ccc(O)cc1. The van der Waals surface area contributed by atoms with E-state index in [0.29, 0.717) is 30.8 Å². The molecule has 0 radical (unpaired) electrons. The molecular weight excluding hydrogens is 308 g/mol. The average Bonchev–Trinajstić information content (AvgIpc) is 3.05. The number of benzene rings is 1. The van der Waals surface area contributed by atoms with Gasteiger partial charge in [0.1, 0.15) is 5.75 Å². The second-order valence-corrected chi connectivity index (χ2v) is 5.77. The summed E-state index contributed by atoms with van der Waals surface area (Å²) in [5.41, 5.74) is 1.36. The standard InChI is InChI=1S/C18H22N2O4/c1-12(2)15-8-11-24-16(15)18(23)20-10-3-9-19-17(22)13-4-6-14(21)7-5-13/h4-8,11-12,21H,3,9-10H2,1-2H3,(H,19,22)(H,20,23). The molecule has 1 heterocycles. The van der Waals surface area contributed by atoms with Crippen molar-refractivity contribution in [3.05, 3.63) is 53.5 Å². The van der Waals surface area contributed by atoms with Gasteiger partial charge in [-0.05, 0) is 42.7 Å². The Morgan fingerprint density at radius 3 is 2.29 bits per heavy atom. The number of carbonyl (C=O) groups is 2. The van der Waals surface area contributed by atoms with Crippen molar-refractivity contribution in [1.29, 1.82) is 0 Å². The second kappa shape index (κ2) is 8.19. The lowest BCUT2D eigenvalue weighted by Crippen LogP contribution is -2.30. The van der Waals surface area contributed by atoms with Crippen LogP contribution in [0, 0.1) is 0 Å². The monoisotopic (exact) mass is 330 g/mol. The molecule has 0 spiro atoms. The minimum atomic E-state index is -0.242. The molecule has 2 amide bonds. The van der Waals surface area contributed by atoms with E-state index in [0.717, 1.165) is 5.56 Å². The third kappa shape index (κ3) is 4.62. The number of rotatable bonds is 7. The zero-order valence-electron chi connectivity index (χ0n) is 13.8. The maximum absolute atomic E-state index is 12.1. The lowest BCUT2D eigenvalue weighted by atomic mass is 10.0. The predicted octanol–water partition coefficient (Wildman–Crippen LogP) is 2.66. The Balaban J connectivity index is 1.71. The van der Waals surface area contributed by atoms with E-state index in [4.69, 9.17) is 4.42 Å². The Morgan fingerprint density at radius 2 is 1.67 bits per heavy atom. The number of phenols is 1. The summed E-state index contributed by atoms with van der Waals surface area (Å²) in [6, 6.07) is 7.83. The fourth-order valence-corrected chi connectivity index (χ4v) is 2.25. The maximum Gasteiger partial charge on any atom is 0.287 e. The van der Waals surface area contributed by atoms with Crippen LogP contribution in [0.1, 0.15) is 52.7 Å². The summed E-state index contributed by atoms with van der Waals surface area (Å²) >= 11 is 0. The molecule has 2 rings (SSSR count). The molecule has 128 valence electrons. The lowest BCUT2D eigenvalue weighted by molar-refractivity contribution is 0.0923. The van der Waals surface area contributed by atoms with Crippen LogP contribution in [0.2, 0.25) is 0 Å². The smallest absolute Gasteiger partial charge is 0.287 e. The molecule has 6 nitrogen and oxygen atoms in total. The van der Waals surface area contributed by atoms with E-state index in [-0.39, 0.29) is 23.5 Å². The van der Waals surface area contributed by atoms with Gasteiger partial charge in [-0.3, -0.25) is 9.59 Å². The van der Waals surface area contributed by atoms with Crippen molar-refractivity contribution in [1.82, 2.24) is 10.6 Å². The Kier molecular flexibility index (Phi) is 6.01. The molecule has 6 heteroatoms. The van der Waals surface area contributed by atoms with Gasteiger partial charge in [-0.15, -0.1) is 0 Å². The van der Waals surface area contributed by atoms with E-state index in [2.05, 4.69) is 10.6 Å². The maximum atomic E-state index is 12.1. The van der Waals surface area contributed by atoms with Gasteiger partial charge in [-0.1, -0.05) is 13.8 Å². The summed E-state index contributed by atoms with van der Waals surface area (Å²) in [6.07, 6.45) is 2.12. The molecule has 0 aliphatic carbocycles. The van der Waals surface area contributed by atoms with E-state index >= 15 is 0 Å². The van der Waals surface area contributed by atoms with Crippen LogP contribution in [0.15, 0.2) is 41.0 Å². The molecular formula is C18H22N2O4. The molecule has 0 bridgehead atoms. The molecule has 0 unspecified atom stereocenters. The highest BCUT2D eigenvalue weighted by Gasteiger charge is 2.16. The largest absolute Gasteiger partial charge is 0.508 e. The summed E-state index contributed by atoms with van der Waals surface area (Å²) in [5.74, 6) is 0.225. The van der Waals surface area contributed by atoms with E-state index in [1.165, 1.54) is 18.4 Å². The first-order valence-electron chi connectivity index (χ1n) is 7.92. The quantitative estimate of drug-likeness (QED) is 0.681. The van der Waals surface area contributed by atoms with Crippen LogP contribution in [-0.2, 0) is 0 Å². The van der Waals surface area contributed by atoms with Crippen LogP contribution >= 0.6 is 0 Å². The Labute approximate surface area is 140 Å². The highest BCUT2D eigenvalue weighted by Crippen LogP contribution is 2.20. The highest BCUT2D eigenvalue weighted by molar-refractivity contribution is 5.94. The Bertz CT molecular complexity index is 689. The molecule has 1 aromatic heterocycles. The third-order valence-corrected chi connectivity index (χ3v) is 3.58. The molecule has 2 aromatic rings. The Hall–Kier alpha value is -2.76. The van der Waals surface area contributed by atoms with E-state index < -0.39 is 0 Å². The number of aromatic hydroxyl groups is 1. The highest BCUT2D eigenvalue weighted by atomic mass is 16.3. The Morgan fingerprint density at radius 1 is 1.04 bits per heavy atom. The van der Waals surface area contributed by atoms with Crippen molar-refractivity contribution in [3.63, 3.8) is 0 Å². The molecule has 0 fully saturated rings. The third-order valence-electron chi connectivity index (χ3n) is 3.58. The van der Waals surface area contributed by atoms with E-state index in [9.17, 15) is 14.7 Å². The van der Waals surface area contributed by atoms with Gasteiger partial charge in [-0.2, -0.15) is 0 Å². The van der Waals surface area contributed by atoms with Gasteiger partial charge in [-0.25, -0.2) is 0 Å². The van der Waals surface area contributed by atoms with Crippen molar-refractivity contribution in [2.75, 3.05) is 13.1 Å². The summed E-state index contributed by atoms with van der Waals surface area (Å²) in [6.45, 7) is 4.88. The second-order valence-electron chi connectivity index (χ2n) is 5.77. The fourth-order valence-electron chi connectivity index (χ4n) is 2.25. The lowest BCUT2D eigenvalue weighted by Gasteiger charge is -2.08. The summed E-state index contributed by atoms with van der Waals surface area (Å²) < 4.78 is 5.25. The van der Waals surface area contributed by atoms with Gasteiger partial charge in [0.25, 0.3) is 11.8 Å². The zero-order valence-corrected chi connectivity index (χ0v) is 13.8. The van der Waals surface area contributed by atoms with Crippen molar-refractivity contribution in [3.8, 4) is 5.75 Å².